The van der Waals surface area contributed by atoms with Crippen LogP contribution >= 0.6 is 0 Å². The molecular formula is C25H32N4O2. The Labute approximate surface area is 184 Å². The highest BCUT2D eigenvalue weighted by atomic mass is 16.2. The highest BCUT2D eigenvalue weighted by Gasteiger charge is 2.21. The first-order valence-corrected chi connectivity index (χ1v) is 10.9. The number of carbonyl (C=O) groups is 2. The molecule has 1 atom stereocenters. The van der Waals surface area contributed by atoms with Gasteiger partial charge in [-0.15, -0.1) is 0 Å². The summed E-state index contributed by atoms with van der Waals surface area (Å²) >= 11 is 0. The van der Waals surface area contributed by atoms with E-state index in [0.717, 1.165) is 41.5 Å². The maximum atomic E-state index is 12.8. The molecule has 1 unspecified atom stereocenters. The number of hydrogen-bond acceptors (Lipinski definition) is 3. The second-order valence-electron chi connectivity index (χ2n) is 8.11. The lowest BCUT2D eigenvalue weighted by Crippen LogP contribution is -2.34. The van der Waals surface area contributed by atoms with Crippen LogP contribution in [0.15, 0.2) is 48.5 Å². The number of amides is 2. The number of unbranched alkanes of at least 4 members (excludes halogenated alkanes) is 1. The summed E-state index contributed by atoms with van der Waals surface area (Å²) in [6.45, 7) is 6.97. The van der Waals surface area contributed by atoms with Crippen LogP contribution in [0.3, 0.4) is 0 Å². The van der Waals surface area contributed by atoms with Crippen LogP contribution in [0, 0.1) is 6.92 Å². The Bertz CT molecular complexity index is 1060. The van der Waals surface area contributed by atoms with Crippen LogP contribution in [0.1, 0.15) is 49.7 Å². The topological polar surface area (TPSA) is 67.2 Å². The first-order chi connectivity index (χ1) is 14.9. The number of aromatic nitrogens is 2. The van der Waals surface area contributed by atoms with Gasteiger partial charge in [-0.1, -0.05) is 49.7 Å². The van der Waals surface area contributed by atoms with E-state index >= 15 is 0 Å². The molecule has 0 aliphatic rings. The maximum Gasteiger partial charge on any atom is 0.242 e. The average Bonchev–Trinajstić information content (AvgIpc) is 3.12. The Morgan fingerprint density at radius 2 is 1.84 bits per heavy atom. The minimum absolute atomic E-state index is 0.0382. The fraction of sp³-hybridized carbons (Fsp3) is 0.400. The van der Waals surface area contributed by atoms with Crippen LogP contribution in [-0.2, 0) is 22.6 Å². The number of hydrogen-bond donors (Lipinski definition) is 1. The van der Waals surface area contributed by atoms with E-state index < -0.39 is 0 Å². The highest BCUT2D eigenvalue weighted by Crippen LogP contribution is 2.21. The Morgan fingerprint density at radius 1 is 1.13 bits per heavy atom. The normalized spacial score (nSPS) is 12.0. The number of nitrogens with zero attached hydrogens (tertiary/aromatic N) is 3. The van der Waals surface area contributed by atoms with Crippen molar-refractivity contribution in [2.75, 3.05) is 13.6 Å². The third-order valence-electron chi connectivity index (χ3n) is 5.63. The van der Waals surface area contributed by atoms with Crippen molar-refractivity contribution in [3.05, 3.63) is 65.5 Å². The van der Waals surface area contributed by atoms with Crippen molar-refractivity contribution in [2.45, 2.75) is 52.6 Å². The first kappa shape index (κ1) is 22.5. The summed E-state index contributed by atoms with van der Waals surface area (Å²) in [5, 5.41) is 3.06. The molecule has 6 nitrogen and oxygen atoms in total. The van der Waals surface area contributed by atoms with Gasteiger partial charge in [-0.2, -0.15) is 0 Å². The Kier molecular flexibility index (Phi) is 7.45. The third kappa shape index (κ3) is 5.51. The van der Waals surface area contributed by atoms with Gasteiger partial charge >= 0.3 is 0 Å². The molecular weight excluding hydrogens is 388 g/mol. The van der Waals surface area contributed by atoms with Gasteiger partial charge in [-0.25, -0.2) is 4.98 Å². The number of benzene rings is 2. The Hall–Kier alpha value is -3.15. The van der Waals surface area contributed by atoms with Crippen LogP contribution < -0.4 is 5.32 Å². The first-order valence-electron chi connectivity index (χ1n) is 10.9. The van der Waals surface area contributed by atoms with Crippen LogP contribution in [0.25, 0.3) is 11.0 Å². The molecule has 0 bridgehead atoms. The molecule has 164 valence electrons. The molecule has 6 heteroatoms. The van der Waals surface area contributed by atoms with E-state index in [9.17, 15) is 9.59 Å². The smallest absolute Gasteiger partial charge is 0.242 e. The quantitative estimate of drug-likeness (QED) is 0.568. The average molecular weight is 421 g/mol. The van der Waals surface area contributed by atoms with Crippen LogP contribution in [0.4, 0.5) is 0 Å². The molecule has 1 heterocycles. The number of nitrogens with one attached hydrogen (secondary N) is 1. The molecule has 0 saturated carbocycles. The van der Waals surface area contributed by atoms with E-state index in [2.05, 4.69) is 12.2 Å². The van der Waals surface area contributed by atoms with E-state index in [1.807, 2.05) is 74.0 Å². The van der Waals surface area contributed by atoms with E-state index in [-0.39, 0.29) is 24.4 Å². The zero-order valence-electron chi connectivity index (χ0n) is 18.9. The second kappa shape index (κ2) is 10.2. The predicted octanol–water partition coefficient (Wildman–Crippen LogP) is 4.02. The molecule has 0 radical (unpaired) electrons. The highest BCUT2D eigenvalue weighted by molar-refractivity contribution is 5.82. The van der Waals surface area contributed by atoms with Crippen molar-refractivity contribution in [1.29, 1.82) is 0 Å². The van der Waals surface area contributed by atoms with Crippen molar-refractivity contribution in [2.24, 2.45) is 0 Å². The largest absolute Gasteiger partial charge is 0.346 e. The van der Waals surface area contributed by atoms with Gasteiger partial charge in [0.25, 0.3) is 0 Å². The van der Waals surface area contributed by atoms with E-state index in [1.54, 1.807) is 4.90 Å². The molecule has 1 aromatic heterocycles. The zero-order valence-corrected chi connectivity index (χ0v) is 18.9. The fourth-order valence-corrected chi connectivity index (χ4v) is 3.71. The number of likely N-dealkylation sites (N-methyl/N-ethyl adjacent to an activating group) is 1. The van der Waals surface area contributed by atoms with Crippen LogP contribution in [0.5, 0.6) is 0 Å². The number of aryl methyl sites for hydroxylation is 1. The van der Waals surface area contributed by atoms with Crippen molar-refractivity contribution in [3.8, 4) is 0 Å². The lowest BCUT2D eigenvalue weighted by Gasteiger charge is -2.20. The van der Waals surface area contributed by atoms with Gasteiger partial charge < -0.3 is 14.8 Å². The number of para-hydroxylation sites is 2. The number of imidazole rings is 1. The Balaban J connectivity index is 1.80. The maximum absolute atomic E-state index is 12.8. The second-order valence-corrected chi connectivity index (χ2v) is 8.11. The van der Waals surface area contributed by atoms with Gasteiger partial charge in [0.15, 0.2) is 0 Å². The summed E-state index contributed by atoms with van der Waals surface area (Å²) in [5.41, 5.74) is 3.82. The lowest BCUT2D eigenvalue weighted by molar-refractivity contribution is -0.130. The number of carbonyl (C=O) groups excluding carboxylic acids is 2. The number of rotatable bonds is 9. The third-order valence-corrected chi connectivity index (χ3v) is 5.63. The van der Waals surface area contributed by atoms with Gasteiger partial charge in [0.05, 0.1) is 23.5 Å². The van der Waals surface area contributed by atoms with Gasteiger partial charge in [-0.05, 0) is 43.5 Å². The van der Waals surface area contributed by atoms with Crippen LogP contribution in [-0.4, -0.2) is 39.9 Å². The van der Waals surface area contributed by atoms with Gasteiger partial charge in [-0.3, -0.25) is 9.59 Å². The molecule has 3 rings (SSSR count). The van der Waals surface area contributed by atoms with Crippen LogP contribution in [0.2, 0.25) is 0 Å². The van der Waals surface area contributed by atoms with Crippen molar-refractivity contribution < 1.29 is 9.59 Å². The molecule has 0 fully saturated rings. The standard InChI is InChI=1S/C25H32N4O2/c1-5-6-15-28(4)24(31)17-29-22-14-10-9-13-21(22)27-25(29)19(3)26-23(30)16-20-12-8-7-11-18(20)2/h7-14,19H,5-6,15-17H2,1-4H3,(H,26,30). The van der Waals surface area contributed by atoms with E-state index in [1.165, 1.54) is 0 Å². The summed E-state index contributed by atoms with van der Waals surface area (Å²) in [6, 6.07) is 15.3. The molecule has 3 aromatic rings. The Morgan fingerprint density at radius 3 is 2.58 bits per heavy atom. The molecule has 1 N–H and O–H groups in total. The van der Waals surface area contributed by atoms with Gasteiger partial charge in [0, 0.05) is 13.6 Å². The molecule has 0 saturated heterocycles. The van der Waals surface area contributed by atoms with Crippen molar-refractivity contribution in [1.82, 2.24) is 19.8 Å². The molecule has 31 heavy (non-hydrogen) atoms. The predicted molar refractivity (Wildman–Crippen MR) is 124 cm³/mol. The minimum atomic E-state index is -0.322. The summed E-state index contributed by atoms with van der Waals surface area (Å²) in [5.74, 6) is 0.666. The van der Waals surface area contributed by atoms with E-state index in [0.29, 0.717) is 12.2 Å². The van der Waals surface area contributed by atoms with Crippen molar-refractivity contribution in [3.63, 3.8) is 0 Å². The summed E-state index contributed by atoms with van der Waals surface area (Å²) < 4.78 is 1.93. The number of fused-ring (bicyclic) bond motifs is 1. The zero-order chi connectivity index (χ0) is 22.4. The van der Waals surface area contributed by atoms with Gasteiger partial charge in [0.1, 0.15) is 12.4 Å². The fourth-order valence-electron chi connectivity index (χ4n) is 3.71. The molecule has 0 spiro atoms. The van der Waals surface area contributed by atoms with Crippen molar-refractivity contribution >= 4 is 22.8 Å². The monoisotopic (exact) mass is 420 g/mol. The summed E-state index contributed by atoms with van der Waals surface area (Å²) in [4.78, 5) is 32.0. The molecule has 0 aliphatic carbocycles. The SMILES string of the molecule is CCCCN(C)C(=O)Cn1c(C(C)NC(=O)Cc2ccccc2C)nc2ccccc21. The molecule has 2 amide bonds. The molecule has 2 aromatic carbocycles. The molecule has 0 aliphatic heterocycles. The summed E-state index contributed by atoms with van der Waals surface area (Å²) in [7, 11) is 1.84. The lowest BCUT2D eigenvalue weighted by atomic mass is 10.1. The van der Waals surface area contributed by atoms with Gasteiger partial charge in [0.2, 0.25) is 11.8 Å². The minimum Gasteiger partial charge on any atom is -0.346 e. The van der Waals surface area contributed by atoms with E-state index in [4.69, 9.17) is 4.98 Å². The summed E-state index contributed by atoms with van der Waals surface area (Å²) in [6.07, 6.45) is 2.34.